The predicted molar refractivity (Wildman–Crippen MR) is 120 cm³/mol. The predicted octanol–water partition coefficient (Wildman–Crippen LogP) is 2.67. The Balaban J connectivity index is 1.55. The lowest BCUT2D eigenvalue weighted by Gasteiger charge is -2.09. The van der Waals surface area contributed by atoms with Crippen molar-refractivity contribution >= 4 is 38.2 Å². The fraction of sp³-hybridized carbons (Fsp3) is 0.318. The molecule has 0 amide bonds. The molecule has 0 bridgehead atoms. The molecule has 0 saturated carbocycles. The maximum Gasteiger partial charge on any atom is 0.262 e. The zero-order chi connectivity index (χ0) is 21.1. The van der Waals surface area contributed by atoms with Crippen molar-refractivity contribution in [2.24, 2.45) is 7.05 Å². The standard InChI is InChI=1S/C22H20N6O2S/c1-26-20(29)13-7-5-6-9-15(13)28-17(24-25-22(26)28)11-27-12-23-19-18(21(27)30)14-8-3-2-4-10-16(14)31-19/h5-7,9,12H,2-4,8,10-11H2,1H3. The topological polar surface area (TPSA) is 87.1 Å². The van der Waals surface area contributed by atoms with Crippen molar-refractivity contribution in [1.82, 2.24) is 28.7 Å². The number of rotatable bonds is 2. The summed E-state index contributed by atoms with van der Waals surface area (Å²) in [5.41, 5.74) is 1.76. The Kier molecular flexibility index (Phi) is 4.07. The van der Waals surface area contributed by atoms with E-state index in [9.17, 15) is 9.59 Å². The maximum atomic E-state index is 13.4. The molecule has 1 aromatic carbocycles. The summed E-state index contributed by atoms with van der Waals surface area (Å²) in [6.07, 6.45) is 7.07. The van der Waals surface area contributed by atoms with Crippen LogP contribution in [0, 0.1) is 0 Å². The maximum absolute atomic E-state index is 13.4. The van der Waals surface area contributed by atoms with E-state index >= 15 is 0 Å². The normalized spacial score (nSPS) is 14.4. The number of benzene rings is 1. The first kappa shape index (κ1) is 18.4. The molecular formula is C22H20N6O2S. The van der Waals surface area contributed by atoms with Crippen LogP contribution in [0.15, 0.2) is 40.2 Å². The molecule has 0 radical (unpaired) electrons. The molecule has 5 aromatic rings. The third-order valence-corrected chi connectivity index (χ3v) is 7.40. The Bertz CT molecular complexity index is 1610. The molecule has 4 aromatic heterocycles. The van der Waals surface area contributed by atoms with Gasteiger partial charge in [-0.15, -0.1) is 21.5 Å². The lowest BCUT2D eigenvalue weighted by Crippen LogP contribution is -2.24. The van der Waals surface area contributed by atoms with E-state index in [1.54, 1.807) is 35.3 Å². The van der Waals surface area contributed by atoms with Gasteiger partial charge in [0.15, 0.2) is 5.82 Å². The summed E-state index contributed by atoms with van der Waals surface area (Å²) < 4.78 is 4.94. The minimum absolute atomic E-state index is 0.0322. The van der Waals surface area contributed by atoms with Crippen LogP contribution in [-0.2, 0) is 26.4 Å². The third-order valence-electron chi connectivity index (χ3n) is 6.20. The number of thiophene rings is 1. The van der Waals surface area contributed by atoms with E-state index in [-0.39, 0.29) is 17.7 Å². The van der Waals surface area contributed by atoms with Crippen LogP contribution in [0.25, 0.3) is 26.9 Å². The van der Waals surface area contributed by atoms with Crippen molar-refractivity contribution in [3.05, 3.63) is 67.6 Å². The Morgan fingerprint density at radius 3 is 2.77 bits per heavy atom. The van der Waals surface area contributed by atoms with Gasteiger partial charge in [0.05, 0.1) is 29.2 Å². The minimum Gasteiger partial charge on any atom is -0.291 e. The van der Waals surface area contributed by atoms with E-state index in [2.05, 4.69) is 15.2 Å². The Morgan fingerprint density at radius 2 is 1.87 bits per heavy atom. The first-order chi connectivity index (χ1) is 15.1. The number of hydrogen-bond donors (Lipinski definition) is 0. The zero-order valence-electron chi connectivity index (χ0n) is 17.0. The van der Waals surface area contributed by atoms with E-state index < -0.39 is 0 Å². The van der Waals surface area contributed by atoms with Crippen LogP contribution in [0.2, 0.25) is 0 Å². The van der Waals surface area contributed by atoms with Gasteiger partial charge in [0.2, 0.25) is 5.78 Å². The first-order valence-electron chi connectivity index (χ1n) is 10.4. The molecule has 0 spiro atoms. The van der Waals surface area contributed by atoms with Crippen LogP contribution in [0.5, 0.6) is 0 Å². The summed E-state index contributed by atoms with van der Waals surface area (Å²) in [6, 6.07) is 7.39. The average molecular weight is 433 g/mol. The highest BCUT2D eigenvalue weighted by atomic mass is 32.1. The summed E-state index contributed by atoms with van der Waals surface area (Å²) in [5, 5.41) is 9.90. The van der Waals surface area contributed by atoms with Gasteiger partial charge in [0.25, 0.3) is 11.1 Å². The molecule has 0 atom stereocenters. The lowest BCUT2D eigenvalue weighted by molar-refractivity contribution is 0.698. The second-order valence-electron chi connectivity index (χ2n) is 8.06. The second kappa shape index (κ2) is 6.84. The van der Waals surface area contributed by atoms with E-state index in [1.807, 2.05) is 22.6 Å². The summed E-state index contributed by atoms with van der Waals surface area (Å²) in [7, 11) is 1.68. The number of nitrogens with zero attached hydrogens (tertiary/aromatic N) is 6. The van der Waals surface area contributed by atoms with E-state index in [4.69, 9.17) is 0 Å². The molecule has 8 nitrogen and oxygen atoms in total. The summed E-state index contributed by atoms with van der Waals surface area (Å²) in [4.78, 5) is 32.8. The number of fused-ring (bicyclic) bond motifs is 6. The van der Waals surface area contributed by atoms with Gasteiger partial charge in [-0.2, -0.15) is 0 Å². The summed E-state index contributed by atoms with van der Waals surface area (Å²) >= 11 is 1.66. The molecule has 156 valence electrons. The Hall–Kier alpha value is -3.33. The van der Waals surface area contributed by atoms with Crippen LogP contribution >= 0.6 is 11.3 Å². The number of hydrogen-bond acceptors (Lipinski definition) is 6. The SMILES string of the molecule is Cn1c(=O)c2ccccc2n2c(Cn3cnc4sc5c(c4c3=O)CCCCC5)nnc12. The molecular weight excluding hydrogens is 412 g/mol. The van der Waals surface area contributed by atoms with E-state index in [0.717, 1.165) is 35.0 Å². The fourth-order valence-electron chi connectivity index (χ4n) is 4.62. The highest BCUT2D eigenvalue weighted by Crippen LogP contribution is 2.32. The second-order valence-corrected chi connectivity index (χ2v) is 9.14. The molecule has 9 heteroatoms. The Morgan fingerprint density at radius 1 is 1.03 bits per heavy atom. The van der Waals surface area contributed by atoms with Gasteiger partial charge in [-0.25, -0.2) is 4.98 Å². The fourth-order valence-corrected chi connectivity index (χ4v) is 5.84. The molecule has 1 aliphatic carbocycles. The third kappa shape index (κ3) is 2.69. The van der Waals surface area contributed by atoms with E-state index in [1.165, 1.54) is 27.8 Å². The van der Waals surface area contributed by atoms with E-state index in [0.29, 0.717) is 17.0 Å². The van der Waals surface area contributed by atoms with Crippen LogP contribution < -0.4 is 11.1 Å². The molecule has 31 heavy (non-hydrogen) atoms. The van der Waals surface area contributed by atoms with Crippen molar-refractivity contribution in [2.45, 2.75) is 38.6 Å². The van der Waals surface area contributed by atoms with Crippen molar-refractivity contribution in [2.75, 3.05) is 0 Å². The number of aromatic nitrogens is 6. The van der Waals surface area contributed by atoms with Gasteiger partial charge in [-0.05, 0) is 43.4 Å². The van der Waals surface area contributed by atoms with Crippen molar-refractivity contribution in [3.63, 3.8) is 0 Å². The lowest BCUT2D eigenvalue weighted by atomic mass is 10.1. The molecule has 0 saturated heterocycles. The van der Waals surface area contributed by atoms with Gasteiger partial charge in [-0.3, -0.25) is 23.1 Å². The van der Waals surface area contributed by atoms with Crippen LogP contribution in [0.4, 0.5) is 0 Å². The molecule has 0 N–H and O–H groups in total. The molecule has 0 fully saturated rings. The van der Waals surface area contributed by atoms with Gasteiger partial charge in [0.1, 0.15) is 4.83 Å². The Labute approximate surface area is 180 Å². The quantitative estimate of drug-likeness (QED) is 0.400. The first-order valence-corrected chi connectivity index (χ1v) is 11.3. The highest BCUT2D eigenvalue weighted by molar-refractivity contribution is 7.18. The molecule has 4 heterocycles. The average Bonchev–Trinajstić information content (AvgIpc) is 3.28. The van der Waals surface area contributed by atoms with Crippen LogP contribution in [0.3, 0.4) is 0 Å². The zero-order valence-corrected chi connectivity index (χ0v) is 17.9. The molecule has 0 aliphatic heterocycles. The minimum atomic E-state index is -0.122. The van der Waals surface area contributed by atoms with Crippen LogP contribution in [-0.4, -0.2) is 28.7 Å². The van der Waals surface area contributed by atoms with Crippen LogP contribution in [0.1, 0.15) is 35.5 Å². The smallest absolute Gasteiger partial charge is 0.262 e. The monoisotopic (exact) mass is 432 g/mol. The van der Waals surface area contributed by atoms with Crippen molar-refractivity contribution in [1.29, 1.82) is 0 Å². The highest BCUT2D eigenvalue weighted by Gasteiger charge is 2.20. The largest absolute Gasteiger partial charge is 0.291 e. The molecule has 1 aliphatic rings. The molecule has 6 rings (SSSR count). The molecule has 0 unspecified atom stereocenters. The van der Waals surface area contributed by atoms with Gasteiger partial charge < -0.3 is 0 Å². The van der Waals surface area contributed by atoms with Crippen molar-refractivity contribution in [3.8, 4) is 0 Å². The summed E-state index contributed by atoms with van der Waals surface area (Å²) in [6.45, 7) is 0.232. The van der Waals surface area contributed by atoms with Gasteiger partial charge in [0, 0.05) is 11.9 Å². The van der Waals surface area contributed by atoms with Gasteiger partial charge in [-0.1, -0.05) is 18.6 Å². The number of aryl methyl sites for hydroxylation is 3. The number of para-hydroxylation sites is 1. The summed E-state index contributed by atoms with van der Waals surface area (Å²) in [5.74, 6) is 1.04. The van der Waals surface area contributed by atoms with Crippen molar-refractivity contribution < 1.29 is 0 Å². The van der Waals surface area contributed by atoms with Gasteiger partial charge >= 0.3 is 0 Å².